The van der Waals surface area contributed by atoms with Gasteiger partial charge in [0.1, 0.15) is 0 Å². The van der Waals surface area contributed by atoms with E-state index in [0.29, 0.717) is 41.8 Å². The van der Waals surface area contributed by atoms with Crippen LogP contribution in [0.5, 0.6) is 0 Å². The van der Waals surface area contributed by atoms with Crippen LogP contribution in [0, 0.1) is 5.92 Å². The molecule has 8 heteroatoms. The number of amides is 2. The molecule has 0 aliphatic carbocycles. The van der Waals surface area contributed by atoms with Gasteiger partial charge in [0, 0.05) is 36.8 Å². The van der Waals surface area contributed by atoms with Crippen molar-refractivity contribution in [1.29, 1.82) is 0 Å². The molecule has 7 nitrogen and oxygen atoms in total. The molecular formula is C17H23ClN4O3. The van der Waals surface area contributed by atoms with Crippen LogP contribution >= 0.6 is 11.6 Å². The van der Waals surface area contributed by atoms with E-state index in [-0.39, 0.29) is 11.6 Å². The minimum absolute atomic E-state index is 0.168. The second-order valence-corrected chi connectivity index (χ2v) is 6.83. The first-order valence-electron chi connectivity index (χ1n) is 8.48. The number of hydrogen-bond acceptors (Lipinski definition) is 5. The number of anilines is 1. The second kappa shape index (κ2) is 7.59. The maximum atomic E-state index is 12.6. The smallest absolute Gasteiger partial charge is 0.339 e. The number of hydrogen-bond donors (Lipinski definition) is 3. The van der Waals surface area contributed by atoms with E-state index in [1.807, 2.05) is 4.90 Å². The molecule has 0 spiro atoms. The van der Waals surface area contributed by atoms with E-state index in [9.17, 15) is 9.59 Å². The van der Waals surface area contributed by atoms with Crippen LogP contribution in [0.4, 0.5) is 10.5 Å². The van der Waals surface area contributed by atoms with Gasteiger partial charge in [0.2, 0.25) is 0 Å². The Kier molecular flexibility index (Phi) is 5.46. The van der Waals surface area contributed by atoms with Gasteiger partial charge >= 0.3 is 12.0 Å². The van der Waals surface area contributed by atoms with Crippen LogP contribution < -0.4 is 16.2 Å². The summed E-state index contributed by atoms with van der Waals surface area (Å²) in [7, 11) is 1.29. The molecule has 3 rings (SSSR count). The average molecular weight is 367 g/mol. The molecule has 25 heavy (non-hydrogen) atoms. The van der Waals surface area contributed by atoms with Crippen LogP contribution in [0.3, 0.4) is 0 Å². The third kappa shape index (κ3) is 3.73. The van der Waals surface area contributed by atoms with Gasteiger partial charge < -0.3 is 15.0 Å². The van der Waals surface area contributed by atoms with Crippen molar-refractivity contribution in [2.75, 3.05) is 25.5 Å². The lowest BCUT2D eigenvalue weighted by molar-refractivity contribution is 0.0601. The molecule has 2 aliphatic heterocycles. The molecule has 2 aliphatic rings. The Morgan fingerprint density at radius 3 is 2.92 bits per heavy atom. The van der Waals surface area contributed by atoms with Crippen molar-refractivity contribution >= 4 is 29.3 Å². The van der Waals surface area contributed by atoms with E-state index in [4.69, 9.17) is 16.3 Å². The summed E-state index contributed by atoms with van der Waals surface area (Å²) in [4.78, 5) is 26.2. The van der Waals surface area contributed by atoms with Gasteiger partial charge in [0.25, 0.3) is 0 Å². The summed E-state index contributed by atoms with van der Waals surface area (Å²) in [5.41, 5.74) is 7.39. The summed E-state index contributed by atoms with van der Waals surface area (Å²) in [6.07, 6.45) is 1.93. The lowest BCUT2D eigenvalue weighted by Crippen LogP contribution is -2.49. The summed E-state index contributed by atoms with van der Waals surface area (Å²) in [5, 5.41) is 3.14. The lowest BCUT2D eigenvalue weighted by atomic mass is 9.87. The van der Waals surface area contributed by atoms with Crippen LogP contribution in [-0.2, 0) is 4.74 Å². The van der Waals surface area contributed by atoms with Gasteiger partial charge in [-0.15, -0.1) is 0 Å². The number of methoxy groups -OCH3 is 1. The van der Waals surface area contributed by atoms with Crippen molar-refractivity contribution in [2.24, 2.45) is 5.92 Å². The number of carbonyl (C=O) groups is 2. The van der Waals surface area contributed by atoms with E-state index in [0.717, 1.165) is 12.8 Å². The highest BCUT2D eigenvalue weighted by Crippen LogP contribution is 2.27. The van der Waals surface area contributed by atoms with E-state index >= 15 is 0 Å². The number of likely N-dealkylation sites (tertiary alicyclic amines) is 1. The Morgan fingerprint density at radius 1 is 1.40 bits per heavy atom. The molecule has 0 radical (unpaired) electrons. The average Bonchev–Trinajstić information content (AvgIpc) is 3.04. The number of benzene rings is 1. The number of esters is 1. The SMILES string of the molecule is CCC1NNC2CCN(C(=O)Nc3ccc(Cl)c(C(=O)OC)c3)CC12. The van der Waals surface area contributed by atoms with Crippen LogP contribution in [-0.4, -0.2) is 49.2 Å². The zero-order valence-corrected chi connectivity index (χ0v) is 15.1. The Bertz CT molecular complexity index is 663. The fraction of sp³-hybridized carbons (Fsp3) is 0.529. The Balaban J connectivity index is 1.67. The minimum Gasteiger partial charge on any atom is -0.465 e. The highest BCUT2D eigenvalue weighted by Gasteiger charge is 2.40. The monoisotopic (exact) mass is 366 g/mol. The minimum atomic E-state index is -0.532. The molecule has 3 atom stereocenters. The van der Waals surface area contributed by atoms with Crippen LogP contribution in [0.1, 0.15) is 30.1 Å². The number of fused-ring (bicyclic) bond motifs is 1. The highest BCUT2D eigenvalue weighted by molar-refractivity contribution is 6.33. The lowest BCUT2D eigenvalue weighted by Gasteiger charge is -2.35. The number of urea groups is 1. The summed E-state index contributed by atoms with van der Waals surface area (Å²) in [6.45, 7) is 3.53. The van der Waals surface area contributed by atoms with E-state index in [1.54, 1.807) is 12.1 Å². The zero-order valence-electron chi connectivity index (χ0n) is 14.3. The van der Waals surface area contributed by atoms with Crippen molar-refractivity contribution in [3.63, 3.8) is 0 Å². The molecule has 2 heterocycles. The number of nitrogens with zero attached hydrogens (tertiary/aromatic N) is 1. The molecule has 2 saturated heterocycles. The molecule has 0 aromatic heterocycles. The fourth-order valence-electron chi connectivity index (χ4n) is 3.55. The summed E-state index contributed by atoms with van der Waals surface area (Å²) in [6, 6.07) is 5.41. The van der Waals surface area contributed by atoms with Gasteiger partial charge in [-0.1, -0.05) is 18.5 Å². The van der Waals surface area contributed by atoms with E-state index < -0.39 is 5.97 Å². The number of carbonyl (C=O) groups excluding carboxylic acids is 2. The normalized spacial score (nSPS) is 25.4. The highest BCUT2D eigenvalue weighted by atomic mass is 35.5. The molecular weight excluding hydrogens is 344 g/mol. The van der Waals surface area contributed by atoms with Gasteiger partial charge in [-0.3, -0.25) is 10.9 Å². The predicted molar refractivity (Wildman–Crippen MR) is 95.6 cm³/mol. The maximum absolute atomic E-state index is 12.6. The van der Waals surface area contributed by atoms with E-state index in [1.165, 1.54) is 13.2 Å². The van der Waals surface area contributed by atoms with Gasteiger partial charge in [-0.05, 0) is 31.0 Å². The first-order chi connectivity index (χ1) is 12.0. The van der Waals surface area contributed by atoms with Gasteiger partial charge in [-0.25, -0.2) is 9.59 Å². The molecule has 0 bridgehead atoms. The number of ether oxygens (including phenoxy) is 1. The maximum Gasteiger partial charge on any atom is 0.339 e. The van der Waals surface area contributed by atoms with Gasteiger partial charge in [0.15, 0.2) is 0 Å². The topological polar surface area (TPSA) is 82.7 Å². The van der Waals surface area contributed by atoms with E-state index in [2.05, 4.69) is 23.1 Å². The Hall–Kier alpha value is -1.83. The Labute approximate surface area is 152 Å². The summed E-state index contributed by atoms with van der Waals surface area (Å²) >= 11 is 6.01. The number of halogens is 1. The molecule has 0 saturated carbocycles. The standard InChI is InChI=1S/C17H23ClN4O3/c1-3-14-12-9-22(7-6-15(12)21-20-14)17(24)19-10-4-5-13(18)11(8-10)16(23)25-2/h4-5,8,12,14-15,20-21H,3,6-7,9H2,1-2H3,(H,19,24). The fourth-order valence-corrected chi connectivity index (χ4v) is 3.75. The van der Waals surface area contributed by atoms with Crippen molar-refractivity contribution in [3.05, 3.63) is 28.8 Å². The quantitative estimate of drug-likeness (QED) is 0.715. The zero-order chi connectivity index (χ0) is 18.0. The third-order valence-corrected chi connectivity index (χ3v) is 5.31. The van der Waals surface area contributed by atoms with Crippen LogP contribution in [0.25, 0.3) is 0 Å². The number of rotatable bonds is 3. The Morgan fingerprint density at radius 2 is 2.20 bits per heavy atom. The van der Waals surface area contributed by atoms with Crippen LogP contribution in [0.2, 0.25) is 5.02 Å². The largest absolute Gasteiger partial charge is 0.465 e. The first kappa shape index (κ1) is 18.0. The van der Waals surface area contributed by atoms with Crippen LogP contribution in [0.15, 0.2) is 18.2 Å². The molecule has 3 N–H and O–H groups in total. The van der Waals surface area contributed by atoms with Crippen molar-refractivity contribution in [1.82, 2.24) is 15.8 Å². The number of hydrazine groups is 1. The van der Waals surface area contributed by atoms with Gasteiger partial charge in [-0.2, -0.15) is 0 Å². The molecule has 2 fully saturated rings. The summed E-state index contributed by atoms with van der Waals surface area (Å²) in [5.74, 6) is -0.129. The summed E-state index contributed by atoms with van der Waals surface area (Å²) < 4.78 is 4.70. The van der Waals surface area contributed by atoms with Crippen molar-refractivity contribution in [3.8, 4) is 0 Å². The molecule has 136 valence electrons. The van der Waals surface area contributed by atoms with Gasteiger partial charge in [0.05, 0.1) is 17.7 Å². The first-order valence-corrected chi connectivity index (χ1v) is 8.86. The third-order valence-electron chi connectivity index (χ3n) is 4.98. The molecule has 1 aromatic carbocycles. The van der Waals surface area contributed by atoms with Crippen molar-refractivity contribution < 1.29 is 14.3 Å². The van der Waals surface area contributed by atoms with Crippen molar-refractivity contribution in [2.45, 2.75) is 31.8 Å². The predicted octanol–water partition coefficient (Wildman–Crippen LogP) is 2.24. The molecule has 3 unspecified atom stereocenters. The number of nitrogens with one attached hydrogen (secondary N) is 3. The second-order valence-electron chi connectivity index (χ2n) is 6.42. The number of piperidine rings is 1. The molecule has 1 aromatic rings. The molecule has 2 amide bonds.